The third kappa shape index (κ3) is 5.11. The summed E-state index contributed by atoms with van der Waals surface area (Å²) in [6.45, 7) is 0. The molecule has 0 fully saturated rings. The van der Waals surface area contributed by atoms with Gasteiger partial charge in [-0.1, -0.05) is 54.1 Å². The molecule has 0 saturated heterocycles. The number of halogens is 2. The molecule has 0 bridgehead atoms. The van der Waals surface area contributed by atoms with Gasteiger partial charge in [0.1, 0.15) is 6.20 Å². The molecule has 0 spiro atoms. The summed E-state index contributed by atoms with van der Waals surface area (Å²) in [5.41, 5.74) is 1.18. The van der Waals surface area contributed by atoms with Gasteiger partial charge in [-0.2, -0.15) is 9.78 Å². The maximum atomic E-state index is 13.4. The highest BCUT2D eigenvalue weighted by Crippen LogP contribution is 2.35. The Morgan fingerprint density at radius 1 is 1.05 bits per heavy atom. The van der Waals surface area contributed by atoms with Crippen molar-refractivity contribution in [3.63, 3.8) is 0 Å². The van der Waals surface area contributed by atoms with Crippen molar-refractivity contribution in [1.29, 1.82) is 0 Å². The zero-order valence-corrected chi connectivity index (χ0v) is 21.1. The van der Waals surface area contributed by atoms with Gasteiger partial charge in [0.25, 0.3) is 11.2 Å². The Morgan fingerprint density at radius 3 is 2.54 bits per heavy atom. The molecular weight excluding hydrogens is 562 g/mol. The average Bonchev–Trinajstić information content (AvgIpc) is 2.90. The Hall–Kier alpha value is -4.41. The normalized spacial score (nSPS) is 11.2. The molecule has 0 radical (unpaired) electrons. The molecule has 11 heteroatoms. The molecule has 0 aliphatic carbocycles. The zero-order chi connectivity index (χ0) is 25.9. The van der Waals surface area contributed by atoms with E-state index in [1.165, 1.54) is 23.0 Å². The van der Waals surface area contributed by atoms with E-state index in [1.807, 2.05) is 36.4 Å². The Kier molecular flexibility index (Phi) is 6.76. The minimum absolute atomic E-state index is 0.123. The van der Waals surface area contributed by atoms with Crippen LogP contribution in [0.1, 0.15) is 5.56 Å². The monoisotopic (exact) mass is 575 g/mol. The number of nitro groups is 1. The molecule has 2 aromatic heterocycles. The molecule has 3 aromatic carbocycles. The fourth-order valence-electron chi connectivity index (χ4n) is 3.55. The summed E-state index contributed by atoms with van der Waals surface area (Å²) in [6.07, 6.45) is 2.53. The van der Waals surface area contributed by atoms with Gasteiger partial charge in [-0.15, -0.1) is 0 Å². The largest absolute Gasteiger partial charge is 0.437 e. The minimum atomic E-state index is -0.549. The lowest BCUT2D eigenvalue weighted by molar-refractivity contribution is -0.385. The van der Waals surface area contributed by atoms with Crippen LogP contribution in [0.25, 0.3) is 22.3 Å². The standard InChI is InChI=1S/C26H15BrClN5O4/c27-21-13-18(28)12-17(24(21)37-23-11-10-19(15-29-23)33(35)36)14-30-32-25(16-6-2-1-3-7-16)31-22-9-5-4-8-20(22)26(32)34/h1-15H. The molecule has 0 aliphatic rings. The van der Waals surface area contributed by atoms with E-state index in [-0.39, 0.29) is 17.1 Å². The number of fused-ring (bicyclic) bond motifs is 1. The quantitative estimate of drug-likeness (QED) is 0.130. The molecule has 37 heavy (non-hydrogen) atoms. The van der Waals surface area contributed by atoms with Crippen LogP contribution < -0.4 is 10.3 Å². The Labute approximate surface area is 222 Å². The first-order valence-electron chi connectivity index (χ1n) is 10.8. The number of rotatable bonds is 6. The second-order valence-corrected chi connectivity index (χ2v) is 8.99. The molecular formula is C26H15BrClN5O4. The lowest BCUT2D eigenvalue weighted by atomic mass is 10.2. The predicted octanol–water partition coefficient (Wildman–Crippen LogP) is 6.46. The Morgan fingerprint density at radius 2 is 1.81 bits per heavy atom. The SMILES string of the molecule is O=c1c2ccccc2nc(-c2ccccc2)n1N=Cc1cc(Cl)cc(Br)c1Oc1ccc([N+](=O)[O-])cn1. The highest BCUT2D eigenvalue weighted by atomic mass is 79.9. The minimum Gasteiger partial charge on any atom is -0.437 e. The number of para-hydroxylation sites is 1. The average molecular weight is 577 g/mol. The summed E-state index contributed by atoms with van der Waals surface area (Å²) in [7, 11) is 0. The fraction of sp³-hybridized carbons (Fsp3) is 0. The first-order chi connectivity index (χ1) is 17.9. The highest BCUT2D eigenvalue weighted by molar-refractivity contribution is 9.10. The second kappa shape index (κ2) is 10.3. The topological polar surface area (TPSA) is 113 Å². The first-order valence-corrected chi connectivity index (χ1v) is 12.0. The molecule has 0 N–H and O–H groups in total. The lowest BCUT2D eigenvalue weighted by Gasteiger charge is -2.12. The van der Waals surface area contributed by atoms with Gasteiger partial charge in [0.05, 0.1) is 26.5 Å². The number of nitrogens with zero attached hydrogens (tertiary/aromatic N) is 5. The van der Waals surface area contributed by atoms with Crippen LogP contribution in [0.4, 0.5) is 5.69 Å². The molecule has 182 valence electrons. The van der Waals surface area contributed by atoms with Crippen LogP contribution in [0.15, 0.2) is 99.4 Å². The number of hydrogen-bond acceptors (Lipinski definition) is 7. The predicted molar refractivity (Wildman–Crippen MR) is 145 cm³/mol. The van der Waals surface area contributed by atoms with Crippen LogP contribution in [0.5, 0.6) is 11.6 Å². The van der Waals surface area contributed by atoms with E-state index in [4.69, 9.17) is 16.3 Å². The molecule has 5 rings (SSSR count). The van der Waals surface area contributed by atoms with Crippen molar-refractivity contribution in [3.8, 4) is 23.0 Å². The molecule has 2 heterocycles. The van der Waals surface area contributed by atoms with Gasteiger partial charge in [-0.3, -0.25) is 14.9 Å². The summed E-state index contributed by atoms with van der Waals surface area (Å²) in [4.78, 5) is 32.5. The third-order valence-corrected chi connectivity index (χ3v) is 6.08. The van der Waals surface area contributed by atoms with Crippen molar-refractivity contribution >= 4 is 50.3 Å². The molecule has 0 amide bonds. The second-order valence-electron chi connectivity index (χ2n) is 7.70. The molecule has 0 saturated carbocycles. The highest BCUT2D eigenvalue weighted by Gasteiger charge is 2.15. The maximum Gasteiger partial charge on any atom is 0.287 e. The van der Waals surface area contributed by atoms with E-state index in [0.29, 0.717) is 43.1 Å². The lowest BCUT2D eigenvalue weighted by Crippen LogP contribution is -2.20. The van der Waals surface area contributed by atoms with Crippen LogP contribution in [0.2, 0.25) is 5.02 Å². The van der Waals surface area contributed by atoms with E-state index < -0.39 is 4.92 Å². The fourth-order valence-corrected chi connectivity index (χ4v) is 4.47. The van der Waals surface area contributed by atoms with Crippen molar-refractivity contribution in [3.05, 3.63) is 121 Å². The van der Waals surface area contributed by atoms with Crippen LogP contribution >= 0.6 is 27.5 Å². The molecule has 5 aromatic rings. The van der Waals surface area contributed by atoms with Crippen molar-refractivity contribution in [1.82, 2.24) is 14.6 Å². The molecule has 0 atom stereocenters. The maximum absolute atomic E-state index is 13.4. The zero-order valence-electron chi connectivity index (χ0n) is 18.8. The Balaban J connectivity index is 1.62. The van der Waals surface area contributed by atoms with Crippen molar-refractivity contribution in [2.24, 2.45) is 5.10 Å². The van der Waals surface area contributed by atoms with Crippen LogP contribution in [-0.4, -0.2) is 25.8 Å². The molecule has 9 nitrogen and oxygen atoms in total. The van der Waals surface area contributed by atoms with Crippen molar-refractivity contribution in [2.45, 2.75) is 0 Å². The summed E-state index contributed by atoms with van der Waals surface area (Å²) in [5.74, 6) is 0.788. The summed E-state index contributed by atoms with van der Waals surface area (Å²) >= 11 is 9.71. The van der Waals surface area contributed by atoms with E-state index in [1.54, 1.807) is 30.3 Å². The van der Waals surface area contributed by atoms with E-state index in [9.17, 15) is 14.9 Å². The Bertz CT molecular complexity index is 1720. The van der Waals surface area contributed by atoms with Gasteiger partial charge in [-0.25, -0.2) is 9.97 Å². The number of aromatic nitrogens is 3. The number of benzene rings is 3. The first kappa shape index (κ1) is 24.3. The van der Waals surface area contributed by atoms with Gasteiger partial charge in [-0.05, 0) is 40.2 Å². The van der Waals surface area contributed by atoms with Gasteiger partial charge in [0.15, 0.2) is 11.6 Å². The number of ether oxygens (including phenoxy) is 1. The molecule has 0 aliphatic heterocycles. The number of hydrogen-bond donors (Lipinski definition) is 0. The van der Waals surface area contributed by atoms with Crippen molar-refractivity contribution < 1.29 is 9.66 Å². The summed E-state index contributed by atoms with van der Waals surface area (Å²) in [6, 6.07) is 22.2. The van der Waals surface area contributed by atoms with E-state index in [2.05, 4.69) is 31.0 Å². The van der Waals surface area contributed by atoms with Crippen LogP contribution in [0, 0.1) is 10.1 Å². The molecule has 0 unspecified atom stereocenters. The van der Waals surface area contributed by atoms with E-state index >= 15 is 0 Å². The summed E-state index contributed by atoms with van der Waals surface area (Å²) in [5, 5.41) is 16.2. The van der Waals surface area contributed by atoms with Gasteiger partial charge in [0.2, 0.25) is 5.88 Å². The van der Waals surface area contributed by atoms with Gasteiger partial charge in [0, 0.05) is 28.3 Å². The van der Waals surface area contributed by atoms with Crippen molar-refractivity contribution in [2.75, 3.05) is 0 Å². The third-order valence-electron chi connectivity index (χ3n) is 5.27. The summed E-state index contributed by atoms with van der Waals surface area (Å²) < 4.78 is 7.62. The van der Waals surface area contributed by atoms with Crippen LogP contribution in [-0.2, 0) is 0 Å². The van der Waals surface area contributed by atoms with Gasteiger partial charge >= 0.3 is 0 Å². The number of pyridine rings is 1. The van der Waals surface area contributed by atoms with Crippen LogP contribution in [0.3, 0.4) is 0 Å². The smallest absolute Gasteiger partial charge is 0.287 e. The van der Waals surface area contributed by atoms with Gasteiger partial charge < -0.3 is 4.74 Å². The van der Waals surface area contributed by atoms with E-state index in [0.717, 1.165) is 6.20 Å².